The van der Waals surface area contributed by atoms with Crippen molar-refractivity contribution in [2.75, 3.05) is 25.0 Å². The quantitative estimate of drug-likeness (QED) is 0.570. The number of aromatic nitrogens is 1. The fraction of sp³-hybridized carbons (Fsp3) is 0.600. The second-order valence-corrected chi connectivity index (χ2v) is 7.99. The first-order valence-corrected chi connectivity index (χ1v) is 10.0. The van der Waals surface area contributed by atoms with Crippen LogP contribution in [0.25, 0.3) is 0 Å². The van der Waals surface area contributed by atoms with Crippen molar-refractivity contribution in [3.05, 3.63) is 23.0 Å². The Kier molecular flexibility index (Phi) is 6.91. The molecule has 1 unspecified atom stereocenters. The molecule has 0 spiro atoms. The monoisotopic (exact) mass is 429 g/mol. The zero-order chi connectivity index (χ0) is 21.0. The number of pyridine rings is 1. The van der Waals surface area contributed by atoms with Gasteiger partial charge in [-0.2, -0.15) is 13.2 Å². The number of nitrogens with zero attached hydrogens (tertiary/aromatic N) is 2. The lowest BCUT2D eigenvalue weighted by Gasteiger charge is -2.29. The highest BCUT2D eigenvalue weighted by Crippen LogP contribution is 2.28. The minimum Gasteiger partial charge on any atom is -0.396 e. The van der Waals surface area contributed by atoms with Crippen molar-refractivity contribution in [1.82, 2.24) is 9.88 Å². The molecule has 1 saturated heterocycles. The molecule has 1 saturated carbocycles. The van der Waals surface area contributed by atoms with Gasteiger partial charge in [-0.3, -0.25) is 4.79 Å². The molecule has 0 bridgehead atoms. The Bertz CT molecular complexity index is 798. The highest BCUT2D eigenvalue weighted by Gasteiger charge is 2.44. The maximum absolute atomic E-state index is 12.6. The van der Waals surface area contributed by atoms with Crippen molar-refractivity contribution in [2.45, 2.75) is 44.3 Å². The van der Waals surface area contributed by atoms with Gasteiger partial charge in [0.1, 0.15) is 5.15 Å². The SMILES string of the molecule is O=C(N1CCC(C#Cc2cnc(Cl)cc2NC2CCC(CO)CC2)C1)C(F)(F)F. The Balaban J connectivity index is 1.66. The zero-order valence-electron chi connectivity index (χ0n) is 15.8. The molecule has 1 atom stereocenters. The van der Waals surface area contributed by atoms with Gasteiger partial charge in [0.15, 0.2) is 0 Å². The van der Waals surface area contributed by atoms with Crippen molar-refractivity contribution < 1.29 is 23.1 Å². The molecule has 1 aliphatic heterocycles. The number of aliphatic hydroxyl groups is 1. The number of carbonyl (C=O) groups excluding carboxylic acids is 1. The first kappa shape index (κ1) is 21.7. The summed E-state index contributed by atoms with van der Waals surface area (Å²) < 4.78 is 37.7. The van der Waals surface area contributed by atoms with Gasteiger partial charge in [-0.05, 0) is 44.1 Å². The number of anilines is 1. The van der Waals surface area contributed by atoms with Crippen LogP contribution in [-0.2, 0) is 4.79 Å². The molecule has 5 nitrogen and oxygen atoms in total. The van der Waals surface area contributed by atoms with Gasteiger partial charge >= 0.3 is 12.1 Å². The maximum atomic E-state index is 12.6. The summed E-state index contributed by atoms with van der Waals surface area (Å²) in [7, 11) is 0. The van der Waals surface area contributed by atoms with E-state index in [4.69, 9.17) is 11.6 Å². The summed E-state index contributed by atoms with van der Waals surface area (Å²) in [6, 6.07) is 1.93. The van der Waals surface area contributed by atoms with Crippen molar-refractivity contribution >= 4 is 23.2 Å². The average molecular weight is 430 g/mol. The van der Waals surface area contributed by atoms with Gasteiger partial charge in [-0.15, -0.1) is 0 Å². The van der Waals surface area contributed by atoms with Gasteiger partial charge in [-0.25, -0.2) is 4.98 Å². The van der Waals surface area contributed by atoms with Crippen LogP contribution in [0.3, 0.4) is 0 Å². The summed E-state index contributed by atoms with van der Waals surface area (Å²) in [6.07, 6.45) is 0.839. The van der Waals surface area contributed by atoms with Crippen LogP contribution in [0.1, 0.15) is 37.7 Å². The summed E-state index contributed by atoms with van der Waals surface area (Å²) >= 11 is 6.02. The lowest BCUT2D eigenvalue weighted by Crippen LogP contribution is -2.39. The van der Waals surface area contributed by atoms with Crippen molar-refractivity contribution in [3.63, 3.8) is 0 Å². The smallest absolute Gasteiger partial charge is 0.396 e. The number of alkyl halides is 3. The maximum Gasteiger partial charge on any atom is 0.471 e. The van der Waals surface area contributed by atoms with Crippen LogP contribution in [-0.4, -0.2) is 52.8 Å². The zero-order valence-corrected chi connectivity index (χ0v) is 16.6. The van der Waals surface area contributed by atoms with Crippen LogP contribution < -0.4 is 5.32 Å². The number of hydrogen-bond acceptors (Lipinski definition) is 4. The van der Waals surface area contributed by atoms with E-state index in [1.165, 1.54) is 0 Å². The molecule has 1 aliphatic carbocycles. The summed E-state index contributed by atoms with van der Waals surface area (Å²) in [6.45, 7) is 0.232. The van der Waals surface area contributed by atoms with Gasteiger partial charge < -0.3 is 15.3 Å². The molecule has 1 amide bonds. The molecular formula is C20H23ClF3N3O2. The third-order valence-corrected chi connectivity index (χ3v) is 5.67. The Morgan fingerprint density at radius 3 is 2.69 bits per heavy atom. The first-order chi connectivity index (χ1) is 13.8. The molecule has 0 aromatic carbocycles. The van der Waals surface area contributed by atoms with Crippen LogP contribution in [0, 0.1) is 23.7 Å². The predicted molar refractivity (Wildman–Crippen MR) is 103 cm³/mol. The molecule has 2 N–H and O–H groups in total. The highest BCUT2D eigenvalue weighted by molar-refractivity contribution is 6.29. The molecule has 3 rings (SSSR count). The van der Waals surface area contributed by atoms with Gasteiger partial charge in [0.25, 0.3) is 0 Å². The minimum atomic E-state index is -4.85. The number of amides is 1. The molecule has 2 heterocycles. The van der Waals surface area contributed by atoms with E-state index in [9.17, 15) is 23.1 Å². The van der Waals surface area contributed by atoms with Crippen LogP contribution in [0.4, 0.5) is 18.9 Å². The number of likely N-dealkylation sites (tertiary alicyclic amines) is 1. The van der Waals surface area contributed by atoms with Crippen molar-refractivity contribution in [2.24, 2.45) is 11.8 Å². The minimum absolute atomic E-state index is 0.0275. The van der Waals surface area contributed by atoms with E-state index in [-0.39, 0.29) is 31.7 Å². The number of halogens is 4. The lowest BCUT2D eigenvalue weighted by molar-refractivity contribution is -0.184. The summed E-state index contributed by atoms with van der Waals surface area (Å²) in [5, 5.41) is 13.0. The van der Waals surface area contributed by atoms with E-state index >= 15 is 0 Å². The van der Waals surface area contributed by atoms with Crippen LogP contribution in [0.15, 0.2) is 12.3 Å². The summed E-state index contributed by atoms with van der Waals surface area (Å²) in [5.74, 6) is 4.20. The molecular weight excluding hydrogens is 407 g/mol. The molecule has 0 radical (unpaired) electrons. The summed E-state index contributed by atoms with van der Waals surface area (Å²) in [4.78, 5) is 16.2. The van der Waals surface area contributed by atoms with Crippen molar-refractivity contribution in [3.8, 4) is 11.8 Å². The Hall–Kier alpha value is -1.98. The number of rotatable bonds is 3. The second kappa shape index (κ2) is 9.23. The first-order valence-electron chi connectivity index (χ1n) is 9.67. The van der Waals surface area contributed by atoms with Crippen LogP contribution in [0.2, 0.25) is 5.15 Å². The summed E-state index contributed by atoms with van der Waals surface area (Å²) in [5.41, 5.74) is 1.37. The fourth-order valence-corrected chi connectivity index (χ4v) is 3.94. The van der Waals surface area contributed by atoms with E-state index in [1.807, 2.05) is 0 Å². The van der Waals surface area contributed by atoms with Gasteiger partial charge in [0.05, 0.1) is 11.3 Å². The number of aliphatic hydroxyl groups excluding tert-OH is 1. The largest absolute Gasteiger partial charge is 0.471 e. The third kappa shape index (κ3) is 5.77. The molecule has 2 fully saturated rings. The fourth-order valence-electron chi connectivity index (χ4n) is 3.78. The van der Waals surface area contributed by atoms with Crippen molar-refractivity contribution in [1.29, 1.82) is 0 Å². The van der Waals surface area contributed by atoms with E-state index in [1.54, 1.807) is 12.3 Å². The standard InChI is InChI=1S/C20H23ClF3N3O2/c21-18-9-17(26-16-5-2-14(12-28)3-6-16)15(10-25-18)4-1-13-7-8-27(11-13)19(29)20(22,23)24/h9-10,13-14,16,28H,2-3,5-8,11-12H2,(H,25,26). The lowest BCUT2D eigenvalue weighted by atomic mass is 9.86. The molecule has 29 heavy (non-hydrogen) atoms. The average Bonchev–Trinajstić information content (AvgIpc) is 3.15. The number of hydrogen-bond donors (Lipinski definition) is 2. The number of carbonyl (C=O) groups is 1. The molecule has 1 aromatic heterocycles. The third-order valence-electron chi connectivity index (χ3n) is 5.46. The van der Waals surface area contributed by atoms with Gasteiger partial charge in [-0.1, -0.05) is 23.4 Å². The Labute approximate surface area is 172 Å². The number of nitrogens with one attached hydrogen (secondary N) is 1. The topological polar surface area (TPSA) is 65.5 Å². The second-order valence-electron chi connectivity index (χ2n) is 7.60. The Morgan fingerprint density at radius 1 is 1.31 bits per heavy atom. The van der Waals surface area contributed by atoms with Crippen LogP contribution in [0.5, 0.6) is 0 Å². The molecule has 1 aromatic rings. The van der Waals surface area contributed by atoms with E-state index in [0.29, 0.717) is 23.1 Å². The molecule has 2 aliphatic rings. The predicted octanol–water partition coefficient (Wildman–Crippen LogP) is 3.46. The van der Waals surface area contributed by atoms with E-state index in [0.717, 1.165) is 36.3 Å². The molecule has 158 valence electrons. The normalized spacial score (nSPS) is 24.7. The van der Waals surface area contributed by atoms with Gasteiger partial charge in [0.2, 0.25) is 0 Å². The van der Waals surface area contributed by atoms with E-state index in [2.05, 4.69) is 22.1 Å². The highest BCUT2D eigenvalue weighted by atomic mass is 35.5. The van der Waals surface area contributed by atoms with Gasteiger partial charge in [0, 0.05) is 37.9 Å². The van der Waals surface area contributed by atoms with Crippen LogP contribution >= 0.6 is 11.6 Å². The molecule has 9 heteroatoms. The Morgan fingerprint density at radius 2 is 2.03 bits per heavy atom. The van der Waals surface area contributed by atoms with E-state index < -0.39 is 12.1 Å².